The smallest absolute Gasteiger partial charge is 0.244 e. The highest BCUT2D eigenvalue weighted by Crippen LogP contribution is 2.11. The zero-order chi connectivity index (χ0) is 12.3. The number of rotatable bonds is 4. The van der Waals surface area contributed by atoms with Gasteiger partial charge in [0.15, 0.2) is 0 Å². The third kappa shape index (κ3) is 2.97. The summed E-state index contributed by atoms with van der Waals surface area (Å²) in [6.45, 7) is 2.18. The summed E-state index contributed by atoms with van der Waals surface area (Å²) in [6.07, 6.45) is 4.99. The van der Waals surface area contributed by atoms with E-state index in [0.29, 0.717) is 6.54 Å². The fraction of sp³-hybridized carbons (Fsp3) is 0.273. The largest absolute Gasteiger partial charge is 0.467 e. The number of carbonyl (C=O) groups excluding carboxylic acids is 1. The SMILES string of the molecule is CC(C(=O)NCc1ccco1)n1cc(Br)cn1. The van der Waals surface area contributed by atoms with E-state index in [4.69, 9.17) is 4.42 Å². The van der Waals surface area contributed by atoms with Crippen LogP contribution in [-0.2, 0) is 11.3 Å². The molecule has 5 nitrogen and oxygen atoms in total. The van der Waals surface area contributed by atoms with Gasteiger partial charge in [0.1, 0.15) is 11.8 Å². The molecule has 0 aliphatic rings. The van der Waals surface area contributed by atoms with E-state index in [9.17, 15) is 4.79 Å². The molecule has 0 aliphatic carbocycles. The number of carbonyl (C=O) groups is 1. The van der Waals surface area contributed by atoms with Gasteiger partial charge in [0.05, 0.1) is 23.5 Å². The summed E-state index contributed by atoms with van der Waals surface area (Å²) in [6, 6.07) is 3.25. The van der Waals surface area contributed by atoms with Crippen molar-refractivity contribution in [2.24, 2.45) is 0 Å². The molecule has 1 unspecified atom stereocenters. The molecule has 6 heteroatoms. The number of amides is 1. The van der Waals surface area contributed by atoms with Gasteiger partial charge in [0.25, 0.3) is 0 Å². The maximum Gasteiger partial charge on any atom is 0.244 e. The van der Waals surface area contributed by atoms with Crippen molar-refractivity contribution in [3.63, 3.8) is 0 Å². The minimum atomic E-state index is -0.351. The van der Waals surface area contributed by atoms with E-state index in [1.807, 2.05) is 6.07 Å². The van der Waals surface area contributed by atoms with Crippen LogP contribution in [0.4, 0.5) is 0 Å². The molecule has 1 N–H and O–H groups in total. The molecule has 2 heterocycles. The molecular weight excluding hydrogens is 286 g/mol. The van der Waals surface area contributed by atoms with Gasteiger partial charge in [0, 0.05) is 6.20 Å². The van der Waals surface area contributed by atoms with Crippen molar-refractivity contribution < 1.29 is 9.21 Å². The van der Waals surface area contributed by atoms with Crippen molar-refractivity contribution in [3.05, 3.63) is 41.0 Å². The van der Waals surface area contributed by atoms with Crippen LogP contribution in [0.2, 0.25) is 0 Å². The lowest BCUT2D eigenvalue weighted by atomic mass is 10.3. The maximum absolute atomic E-state index is 11.8. The van der Waals surface area contributed by atoms with Crippen LogP contribution in [0.25, 0.3) is 0 Å². The Morgan fingerprint density at radius 2 is 2.53 bits per heavy atom. The summed E-state index contributed by atoms with van der Waals surface area (Å²) in [5.74, 6) is 0.629. The number of nitrogens with zero attached hydrogens (tertiary/aromatic N) is 2. The second-order valence-corrected chi connectivity index (χ2v) is 4.53. The molecule has 17 heavy (non-hydrogen) atoms. The third-order valence-corrected chi connectivity index (χ3v) is 2.77. The van der Waals surface area contributed by atoms with E-state index in [1.165, 1.54) is 0 Å². The van der Waals surface area contributed by atoms with E-state index >= 15 is 0 Å². The summed E-state index contributed by atoms with van der Waals surface area (Å²) in [7, 11) is 0. The zero-order valence-corrected chi connectivity index (χ0v) is 10.8. The molecule has 0 aromatic carbocycles. The Hall–Kier alpha value is -1.56. The van der Waals surface area contributed by atoms with Crippen LogP contribution in [0.3, 0.4) is 0 Å². The van der Waals surface area contributed by atoms with Crippen LogP contribution in [0, 0.1) is 0 Å². The highest BCUT2D eigenvalue weighted by molar-refractivity contribution is 9.10. The molecule has 2 aromatic rings. The Balaban J connectivity index is 1.91. The Kier molecular flexibility index (Phi) is 3.63. The van der Waals surface area contributed by atoms with Crippen LogP contribution in [0.1, 0.15) is 18.7 Å². The van der Waals surface area contributed by atoms with Gasteiger partial charge in [-0.1, -0.05) is 0 Å². The fourth-order valence-corrected chi connectivity index (χ4v) is 1.68. The number of furan rings is 1. The molecule has 0 fully saturated rings. The van der Waals surface area contributed by atoms with Crippen LogP contribution >= 0.6 is 15.9 Å². The lowest BCUT2D eigenvalue weighted by Gasteiger charge is -2.11. The molecule has 0 aliphatic heterocycles. The van der Waals surface area contributed by atoms with Crippen molar-refractivity contribution >= 4 is 21.8 Å². The molecule has 0 spiro atoms. The predicted octanol–water partition coefficient (Wildman–Crippen LogP) is 2.12. The average Bonchev–Trinajstić information content (AvgIpc) is 2.95. The monoisotopic (exact) mass is 297 g/mol. The third-order valence-electron chi connectivity index (χ3n) is 2.36. The Morgan fingerprint density at radius 3 is 3.12 bits per heavy atom. The van der Waals surface area contributed by atoms with Crippen molar-refractivity contribution in [1.82, 2.24) is 15.1 Å². The number of nitrogens with one attached hydrogen (secondary N) is 1. The van der Waals surface area contributed by atoms with Crippen LogP contribution in [0.15, 0.2) is 39.7 Å². The molecular formula is C11H12BrN3O2. The standard InChI is InChI=1S/C11H12BrN3O2/c1-8(15-7-9(12)5-14-15)11(16)13-6-10-3-2-4-17-10/h2-5,7-8H,6H2,1H3,(H,13,16). The fourth-order valence-electron chi connectivity index (χ4n) is 1.38. The first-order valence-corrected chi connectivity index (χ1v) is 5.96. The Labute approximate surface area is 107 Å². The van der Waals surface area contributed by atoms with Gasteiger partial charge in [-0.25, -0.2) is 0 Å². The van der Waals surface area contributed by atoms with E-state index in [1.54, 1.807) is 36.3 Å². The second kappa shape index (κ2) is 5.18. The van der Waals surface area contributed by atoms with Crippen LogP contribution in [-0.4, -0.2) is 15.7 Å². The lowest BCUT2D eigenvalue weighted by Crippen LogP contribution is -2.30. The lowest BCUT2D eigenvalue weighted by molar-refractivity contribution is -0.124. The minimum absolute atomic E-state index is 0.1000. The molecule has 0 saturated carbocycles. The zero-order valence-electron chi connectivity index (χ0n) is 9.26. The summed E-state index contributed by atoms with van der Waals surface area (Å²) >= 11 is 3.29. The van der Waals surface area contributed by atoms with Crippen LogP contribution < -0.4 is 5.32 Å². The first-order valence-electron chi connectivity index (χ1n) is 5.16. The molecule has 0 bridgehead atoms. The second-order valence-electron chi connectivity index (χ2n) is 3.61. The molecule has 1 amide bonds. The van der Waals surface area contributed by atoms with Crippen LogP contribution in [0.5, 0.6) is 0 Å². The molecule has 90 valence electrons. The van der Waals surface area contributed by atoms with Gasteiger partial charge in [-0.2, -0.15) is 5.10 Å². The first-order chi connectivity index (χ1) is 8.16. The summed E-state index contributed by atoms with van der Waals surface area (Å²) < 4.78 is 7.58. The highest BCUT2D eigenvalue weighted by Gasteiger charge is 2.15. The quantitative estimate of drug-likeness (QED) is 0.940. The molecule has 0 radical (unpaired) electrons. The first kappa shape index (κ1) is 11.9. The van der Waals surface area contributed by atoms with Gasteiger partial charge >= 0.3 is 0 Å². The summed E-state index contributed by atoms with van der Waals surface area (Å²) in [5, 5.41) is 6.85. The maximum atomic E-state index is 11.8. The van der Waals surface area contributed by atoms with Gasteiger partial charge in [0.2, 0.25) is 5.91 Å². The Morgan fingerprint density at radius 1 is 1.71 bits per heavy atom. The van der Waals surface area contributed by atoms with Crippen molar-refractivity contribution in [1.29, 1.82) is 0 Å². The summed E-state index contributed by atoms with van der Waals surface area (Å²) in [4.78, 5) is 11.8. The summed E-state index contributed by atoms with van der Waals surface area (Å²) in [5.41, 5.74) is 0. The van der Waals surface area contributed by atoms with E-state index in [0.717, 1.165) is 10.2 Å². The van der Waals surface area contributed by atoms with E-state index < -0.39 is 0 Å². The number of hydrogen-bond donors (Lipinski definition) is 1. The van der Waals surface area contributed by atoms with E-state index in [2.05, 4.69) is 26.3 Å². The van der Waals surface area contributed by atoms with E-state index in [-0.39, 0.29) is 11.9 Å². The molecule has 2 rings (SSSR count). The van der Waals surface area contributed by atoms with Gasteiger partial charge < -0.3 is 9.73 Å². The van der Waals surface area contributed by atoms with Gasteiger partial charge in [-0.3, -0.25) is 9.48 Å². The minimum Gasteiger partial charge on any atom is -0.467 e. The normalized spacial score (nSPS) is 12.4. The highest BCUT2D eigenvalue weighted by atomic mass is 79.9. The molecule has 1 atom stereocenters. The molecule has 0 saturated heterocycles. The van der Waals surface area contributed by atoms with Crippen molar-refractivity contribution in [2.75, 3.05) is 0 Å². The average molecular weight is 298 g/mol. The number of hydrogen-bond acceptors (Lipinski definition) is 3. The van der Waals surface area contributed by atoms with Crippen molar-refractivity contribution in [3.8, 4) is 0 Å². The van der Waals surface area contributed by atoms with Gasteiger partial charge in [-0.05, 0) is 35.0 Å². The number of halogens is 1. The predicted molar refractivity (Wildman–Crippen MR) is 65.2 cm³/mol. The van der Waals surface area contributed by atoms with Gasteiger partial charge in [-0.15, -0.1) is 0 Å². The topological polar surface area (TPSA) is 60.1 Å². The Bertz CT molecular complexity index is 493. The molecule has 2 aromatic heterocycles. The van der Waals surface area contributed by atoms with Crippen molar-refractivity contribution in [2.45, 2.75) is 19.5 Å². The number of aromatic nitrogens is 2.